The minimum Gasteiger partial charge on any atom is -0.437 e. The van der Waals surface area contributed by atoms with Gasteiger partial charge in [0.25, 0.3) is 0 Å². The van der Waals surface area contributed by atoms with Crippen LogP contribution < -0.4 is 0 Å². The molecule has 0 aliphatic rings. The Kier molecular flexibility index (Phi) is 6.61. The van der Waals surface area contributed by atoms with Gasteiger partial charge >= 0.3 is 8.56 Å². The lowest BCUT2D eigenvalue weighted by Crippen LogP contribution is -2.53. The summed E-state index contributed by atoms with van der Waals surface area (Å²) in [6.07, 6.45) is 0. The second-order valence-corrected chi connectivity index (χ2v) is 27.6. The summed E-state index contributed by atoms with van der Waals surface area (Å²) in [4.78, 5) is 0. The zero-order valence-corrected chi connectivity index (χ0v) is 18.4. The quantitative estimate of drug-likeness (QED) is 0.467. The minimum atomic E-state index is -2.06. The van der Waals surface area contributed by atoms with Crippen LogP contribution in [0.3, 0.4) is 0 Å². The molecule has 18 heavy (non-hydrogen) atoms. The molecule has 0 rings (SSSR count). The standard InChI is InChI=1S/C11H31ClO2Si4/c1-15(2,3)13-18(9,14-16(4,5)6)11-10-17(7,8)12/h10-11H2,1-9H3. The topological polar surface area (TPSA) is 18.5 Å². The summed E-state index contributed by atoms with van der Waals surface area (Å²) in [6, 6.07) is 2.14. The van der Waals surface area contributed by atoms with Crippen LogP contribution in [-0.2, 0) is 8.23 Å². The van der Waals surface area contributed by atoms with Crippen molar-refractivity contribution < 1.29 is 8.23 Å². The molecule has 0 saturated heterocycles. The molecule has 0 atom stereocenters. The normalized spacial score (nSPS) is 15.0. The van der Waals surface area contributed by atoms with E-state index in [-0.39, 0.29) is 0 Å². The van der Waals surface area contributed by atoms with Crippen molar-refractivity contribution >= 4 is 43.7 Å². The average molecular weight is 343 g/mol. The molecule has 0 saturated carbocycles. The van der Waals surface area contributed by atoms with Crippen molar-refractivity contribution in [3.05, 3.63) is 0 Å². The van der Waals surface area contributed by atoms with Crippen LogP contribution in [0.2, 0.25) is 71.0 Å². The molecule has 0 amide bonds. The van der Waals surface area contributed by atoms with Gasteiger partial charge in [0.05, 0.1) is 0 Å². The summed E-state index contributed by atoms with van der Waals surface area (Å²) in [5.41, 5.74) is 0. The Balaban J connectivity index is 4.81. The summed E-state index contributed by atoms with van der Waals surface area (Å²) >= 11 is 6.45. The molecule has 0 radical (unpaired) electrons. The summed E-state index contributed by atoms with van der Waals surface area (Å²) in [7, 11) is -6.71. The van der Waals surface area contributed by atoms with Gasteiger partial charge in [-0.1, -0.05) is 13.1 Å². The van der Waals surface area contributed by atoms with Gasteiger partial charge in [-0.15, -0.1) is 0 Å². The van der Waals surface area contributed by atoms with E-state index < -0.39 is 32.6 Å². The lowest BCUT2D eigenvalue weighted by atomic mass is 10.9. The van der Waals surface area contributed by atoms with Crippen molar-refractivity contribution in [2.75, 3.05) is 0 Å². The molecule has 0 aromatic rings. The SMILES string of the molecule is C[Si](C)(Cl)CC[Si](C)(O[Si](C)(C)C)O[Si](C)(C)C. The van der Waals surface area contributed by atoms with Crippen LogP contribution in [0.1, 0.15) is 0 Å². The van der Waals surface area contributed by atoms with Crippen molar-refractivity contribution in [1.82, 2.24) is 0 Å². The van der Waals surface area contributed by atoms with Crippen molar-refractivity contribution in [2.45, 2.75) is 71.0 Å². The maximum atomic E-state index is 6.45. The molecule has 0 bridgehead atoms. The van der Waals surface area contributed by atoms with Crippen LogP contribution in [0, 0.1) is 0 Å². The number of rotatable bonds is 7. The first-order chi connectivity index (χ1) is 7.62. The van der Waals surface area contributed by atoms with Gasteiger partial charge in [-0.05, 0) is 57.9 Å². The van der Waals surface area contributed by atoms with Crippen LogP contribution in [0.15, 0.2) is 0 Å². The highest BCUT2D eigenvalue weighted by Gasteiger charge is 2.41. The Labute approximate surface area is 123 Å². The smallest absolute Gasteiger partial charge is 0.314 e. The van der Waals surface area contributed by atoms with Crippen LogP contribution >= 0.6 is 11.1 Å². The van der Waals surface area contributed by atoms with Crippen molar-refractivity contribution in [3.63, 3.8) is 0 Å². The van der Waals surface area contributed by atoms with E-state index in [9.17, 15) is 0 Å². The highest BCUT2D eigenvalue weighted by Crippen LogP contribution is 2.29. The van der Waals surface area contributed by atoms with Crippen LogP contribution in [0.25, 0.3) is 0 Å². The molecule has 0 heterocycles. The summed E-state index contributed by atoms with van der Waals surface area (Å²) < 4.78 is 12.9. The van der Waals surface area contributed by atoms with E-state index in [1.165, 1.54) is 0 Å². The van der Waals surface area contributed by atoms with E-state index >= 15 is 0 Å². The number of halogens is 1. The molecule has 0 spiro atoms. The molecule has 0 unspecified atom stereocenters. The first-order valence-electron chi connectivity index (χ1n) is 6.71. The summed E-state index contributed by atoms with van der Waals surface area (Å²) in [5, 5.41) is 0. The molecule has 2 nitrogen and oxygen atoms in total. The van der Waals surface area contributed by atoms with E-state index in [1.807, 2.05) is 0 Å². The van der Waals surface area contributed by atoms with Crippen molar-refractivity contribution in [3.8, 4) is 0 Å². The van der Waals surface area contributed by atoms with Gasteiger partial charge in [0.1, 0.15) is 7.38 Å². The van der Waals surface area contributed by atoms with Gasteiger partial charge < -0.3 is 8.23 Å². The van der Waals surface area contributed by atoms with Gasteiger partial charge in [0, 0.05) is 0 Å². The van der Waals surface area contributed by atoms with E-state index in [0.717, 1.165) is 12.1 Å². The Morgan fingerprint density at radius 2 is 1.00 bits per heavy atom. The predicted molar refractivity (Wildman–Crippen MR) is 93.4 cm³/mol. The third-order valence-electron chi connectivity index (χ3n) is 2.22. The summed E-state index contributed by atoms with van der Waals surface area (Å²) in [6.45, 7) is 20.1. The Bertz CT molecular complexity index is 250. The van der Waals surface area contributed by atoms with Crippen LogP contribution in [0.5, 0.6) is 0 Å². The number of hydrogen-bond donors (Lipinski definition) is 0. The highest BCUT2D eigenvalue weighted by atomic mass is 35.6. The van der Waals surface area contributed by atoms with E-state index in [1.54, 1.807) is 0 Å². The van der Waals surface area contributed by atoms with Gasteiger partial charge in [0.2, 0.25) is 0 Å². The zero-order chi connectivity index (χ0) is 14.8. The second-order valence-electron chi connectivity index (χ2n) is 7.78. The Morgan fingerprint density at radius 1 is 0.667 bits per heavy atom. The molecule has 110 valence electrons. The third kappa shape index (κ3) is 11.0. The molecular weight excluding hydrogens is 312 g/mol. The van der Waals surface area contributed by atoms with E-state index in [4.69, 9.17) is 19.3 Å². The molecule has 7 heteroatoms. The maximum Gasteiger partial charge on any atom is 0.314 e. The minimum absolute atomic E-state index is 1.05. The largest absolute Gasteiger partial charge is 0.437 e. The Hall–Kier alpha value is 1.08. The fourth-order valence-electron chi connectivity index (χ4n) is 1.94. The zero-order valence-electron chi connectivity index (χ0n) is 13.6. The van der Waals surface area contributed by atoms with E-state index in [0.29, 0.717) is 0 Å². The molecule has 0 fully saturated rings. The molecule has 0 aromatic carbocycles. The van der Waals surface area contributed by atoms with Crippen LogP contribution in [0.4, 0.5) is 0 Å². The molecule has 0 aliphatic carbocycles. The first kappa shape index (κ1) is 19.1. The van der Waals surface area contributed by atoms with Gasteiger partial charge in [-0.25, -0.2) is 0 Å². The molecule has 0 aliphatic heterocycles. The van der Waals surface area contributed by atoms with E-state index in [2.05, 4.69) is 58.9 Å². The molecule has 0 aromatic heterocycles. The lowest BCUT2D eigenvalue weighted by Gasteiger charge is -2.39. The highest BCUT2D eigenvalue weighted by molar-refractivity contribution is 7.19. The second kappa shape index (κ2) is 6.24. The monoisotopic (exact) mass is 342 g/mol. The maximum absolute atomic E-state index is 6.45. The summed E-state index contributed by atoms with van der Waals surface area (Å²) in [5.74, 6) is 0. The van der Waals surface area contributed by atoms with Gasteiger partial charge in [0.15, 0.2) is 16.6 Å². The molecule has 0 N–H and O–H groups in total. The van der Waals surface area contributed by atoms with Crippen molar-refractivity contribution in [2.24, 2.45) is 0 Å². The van der Waals surface area contributed by atoms with Gasteiger partial charge in [-0.3, -0.25) is 0 Å². The van der Waals surface area contributed by atoms with Gasteiger partial charge in [-0.2, -0.15) is 11.1 Å². The third-order valence-corrected chi connectivity index (χ3v) is 14.2. The average Bonchev–Trinajstić information content (AvgIpc) is 1.91. The fraction of sp³-hybridized carbons (Fsp3) is 1.00. The number of hydrogen-bond acceptors (Lipinski definition) is 2. The first-order valence-corrected chi connectivity index (χ1v) is 20.3. The fourth-order valence-corrected chi connectivity index (χ4v) is 18.7. The predicted octanol–water partition coefficient (Wildman–Crippen LogP) is 5.21. The van der Waals surface area contributed by atoms with Crippen LogP contribution in [-0.4, -0.2) is 32.6 Å². The lowest BCUT2D eigenvalue weighted by molar-refractivity contribution is 0.386. The van der Waals surface area contributed by atoms with Crippen molar-refractivity contribution in [1.29, 1.82) is 0 Å². The Morgan fingerprint density at radius 3 is 1.22 bits per heavy atom. The molecular formula is C11H31ClO2Si4.